The number of benzene rings is 4. The van der Waals surface area contributed by atoms with Crippen molar-refractivity contribution in [3.8, 4) is 22.6 Å². The van der Waals surface area contributed by atoms with Gasteiger partial charge in [0.2, 0.25) is 0 Å². The van der Waals surface area contributed by atoms with Crippen LogP contribution in [0.5, 0.6) is 11.5 Å². The first-order valence-electron chi connectivity index (χ1n) is 10.6. The van der Waals surface area contributed by atoms with Gasteiger partial charge in [0.1, 0.15) is 11.5 Å². The third-order valence-corrected chi connectivity index (χ3v) is 6.49. The maximum Gasteiger partial charge on any atom is 0.118 e. The molecule has 31 heavy (non-hydrogen) atoms. The SMILES string of the molecule is COc1ccc(C2(c3ccc(OC)cc3)c3cc(C)ccc3-c3ccc(C)cc32)cc1. The summed E-state index contributed by atoms with van der Waals surface area (Å²) >= 11 is 0. The van der Waals surface area contributed by atoms with Crippen LogP contribution in [-0.4, -0.2) is 14.2 Å². The number of ether oxygens (including phenoxy) is 2. The number of hydrogen-bond donors (Lipinski definition) is 0. The molecular formula is C29H26O2. The van der Waals surface area contributed by atoms with E-state index in [1.165, 1.54) is 44.5 Å². The van der Waals surface area contributed by atoms with Gasteiger partial charge in [-0.25, -0.2) is 0 Å². The molecule has 2 nitrogen and oxygen atoms in total. The third-order valence-electron chi connectivity index (χ3n) is 6.49. The molecule has 5 rings (SSSR count). The third kappa shape index (κ3) is 2.86. The van der Waals surface area contributed by atoms with Gasteiger partial charge in [0.15, 0.2) is 0 Å². The van der Waals surface area contributed by atoms with Crippen molar-refractivity contribution in [1.82, 2.24) is 0 Å². The molecule has 154 valence electrons. The number of hydrogen-bond acceptors (Lipinski definition) is 2. The molecule has 0 unspecified atom stereocenters. The molecule has 0 saturated carbocycles. The number of methoxy groups -OCH3 is 2. The van der Waals surface area contributed by atoms with Crippen LogP contribution in [0.25, 0.3) is 11.1 Å². The van der Waals surface area contributed by atoms with E-state index < -0.39 is 5.41 Å². The van der Waals surface area contributed by atoms with E-state index in [0.29, 0.717) is 0 Å². The molecule has 0 saturated heterocycles. The Labute approximate surface area is 184 Å². The monoisotopic (exact) mass is 406 g/mol. The number of rotatable bonds is 4. The van der Waals surface area contributed by atoms with Crippen LogP contribution in [0.1, 0.15) is 33.4 Å². The Morgan fingerprint density at radius 3 is 1.26 bits per heavy atom. The van der Waals surface area contributed by atoms with Crippen LogP contribution in [0.15, 0.2) is 84.9 Å². The van der Waals surface area contributed by atoms with Crippen molar-refractivity contribution in [3.63, 3.8) is 0 Å². The predicted molar refractivity (Wildman–Crippen MR) is 126 cm³/mol. The first kappa shape index (κ1) is 19.4. The van der Waals surface area contributed by atoms with Crippen molar-refractivity contribution in [2.24, 2.45) is 0 Å². The normalized spacial score (nSPS) is 13.4. The van der Waals surface area contributed by atoms with Crippen molar-refractivity contribution < 1.29 is 9.47 Å². The van der Waals surface area contributed by atoms with Crippen LogP contribution >= 0.6 is 0 Å². The van der Waals surface area contributed by atoms with E-state index in [1.807, 2.05) is 0 Å². The van der Waals surface area contributed by atoms with Gasteiger partial charge in [-0.15, -0.1) is 0 Å². The van der Waals surface area contributed by atoms with Gasteiger partial charge in [-0.2, -0.15) is 0 Å². The summed E-state index contributed by atoms with van der Waals surface area (Å²) < 4.78 is 10.9. The number of aryl methyl sites for hydroxylation is 2. The fourth-order valence-electron chi connectivity index (χ4n) is 5.02. The van der Waals surface area contributed by atoms with Gasteiger partial charge < -0.3 is 9.47 Å². The lowest BCUT2D eigenvalue weighted by Crippen LogP contribution is -2.28. The molecule has 1 aliphatic carbocycles. The van der Waals surface area contributed by atoms with E-state index in [0.717, 1.165) is 11.5 Å². The van der Waals surface area contributed by atoms with Gasteiger partial charge in [0.05, 0.1) is 19.6 Å². The number of fused-ring (bicyclic) bond motifs is 3. The zero-order valence-corrected chi connectivity index (χ0v) is 18.4. The molecule has 0 spiro atoms. The second kappa shape index (κ2) is 7.31. The van der Waals surface area contributed by atoms with Gasteiger partial charge in [-0.1, -0.05) is 71.8 Å². The maximum absolute atomic E-state index is 5.46. The molecule has 0 radical (unpaired) electrons. The van der Waals surface area contributed by atoms with Crippen LogP contribution in [-0.2, 0) is 5.41 Å². The van der Waals surface area contributed by atoms with Crippen molar-refractivity contribution in [1.29, 1.82) is 0 Å². The summed E-state index contributed by atoms with van der Waals surface area (Å²) in [5, 5.41) is 0. The van der Waals surface area contributed by atoms with Crippen LogP contribution < -0.4 is 9.47 Å². The van der Waals surface area contributed by atoms with E-state index in [9.17, 15) is 0 Å². The molecule has 2 heteroatoms. The Kier molecular flexibility index (Phi) is 4.59. The van der Waals surface area contributed by atoms with Crippen LogP contribution in [0.2, 0.25) is 0 Å². The largest absolute Gasteiger partial charge is 0.497 e. The summed E-state index contributed by atoms with van der Waals surface area (Å²) in [6.45, 7) is 4.34. The molecule has 4 aromatic carbocycles. The molecule has 1 aliphatic rings. The Hall–Kier alpha value is -3.52. The van der Waals surface area contributed by atoms with E-state index in [4.69, 9.17) is 9.47 Å². The van der Waals surface area contributed by atoms with E-state index in [2.05, 4.69) is 98.8 Å². The van der Waals surface area contributed by atoms with Crippen LogP contribution in [0.3, 0.4) is 0 Å². The van der Waals surface area contributed by atoms with Gasteiger partial charge in [0.25, 0.3) is 0 Å². The zero-order valence-electron chi connectivity index (χ0n) is 18.4. The smallest absolute Gasteiger partial charge is 0.118 e. The zero-order chi connectivity index (χ0) is 21.6. The summed E-state index contributed by atoms with van der Waals surface area (Å²) in [4.78, 5) is 0. The van der Waals surface area contributed by atoms with E-state index in [-0.39, 0.29) is 0 Å². The first-order chi connectivity index (χ1) is 15.1. The average molecular weight is 407 g/mol. The molecular weight excluding hydrogens is 380 g/mol. The summed E-state index contributed by atoms with van der Waals surface area (Å²) in [6, 6.07) is 30.7. The van der Waals surface area contributed by atoms with Gasteiger partial charge in [-0.3, -0.25) is 0 Å². The minimum atomic E-state index is -0.402. The highest BCUT2D eigenvalue weighted by Gasteiger charge is 2.46. The molecule has 4 aromatic rings. The van der Waals surface area contributed by atoms with Gasteiger partial charge in [0, 0.05) is 0 Å². The van der Waals surface area contributed by atoms with Crippen molar-refractivity contribution in [2.45, 2.75) is 19.3 Å². The lowest BCUT2D eigenvalue weighted by atomic mass is 9.67. The average Bonchev–Trinajstić information content (AvgIpc) is 3.08. The molecule has 0 fully saturated rings. The lowest BCUT2D eigenvalue weighted by Gasteiger charge is -2.34. The van der Waals surface area contributed by atoms with Crippen molar-refractivity contribution >= 4 is 0 Å². The van der Waals surface area contributed by atoms with Crippen LogP contribution in [0, 0.1) is 13.8 Å². The highest BCUT2D eigenvalue weighted by Crippen LogP contribution is 2.56. The molecule has 0 bridgehead atoms. The maximum atomic E-state index is 5.46. The van der Waals surface area contributed by atoms with Gasteiger partial charge >= 0.3 is 0 Å². The van der Waals surface area contributed by atoms with Crippen molar-refractivity contribution in [2.75, 3.05) is 14.2 Å². The minimum Gasteiger partial charge on any atom is -0.497 e. The standard InChI is InChI=1S/C29H26O2/c1-19-5-15-25-26-16-6-20(2)18-28(26)29(27(25)17-19,21-7-11-23(30-3)12-8-21)22-9-13-24(31-4)14-10-22/h5-18H,1-4H3. The fraction of sp³-hybridized carbons (Fsp3) is 0.172. The Balaban J connectivity index is 1.91. The second-order valence-electron chi connectivity index (χ2n) is 8.31. The summed E-state index contributed by atoms with van der Waals surface area (Å²) in [7, 11) is 3.42. The lowest BCUT2D eigenvalue weighted by molar-refractivity contribution is 0.414. The second-order valence-corrected chi connectivity index (χ2v) is 8.31. The summed E-state index contributed by atoms with van der Waals surface area (Å²) in [5.41, 5.74) is 9.82. The van der Waals surface area contributed by atoms with E-state index in [1.54, 1.807) is 14.2 Å². The Morgan fingerprint density at radius 2 is 0.903 bits per heavy atom. The molecule has 0 aromatic heterocycles. The first-order valence-corrected chi connectivity index (χ1v) is 10.6. The summed E-state index contributed by atoms with van der Waals surface area (Å²) in [5.74, 6) is 1.72. The quantitative estimate of drug-likeness (QED) is 0.331. The Morgan fingerprint density at radius 1 is 0.516 bits per heavy atom. The topological polar surface area (TPSA) is 18.5 Å². The van der Waals surface area contributed by atoms with Crippen LogP contribution in [0.4, 0.5) is 0 Å². The fourth-order valence-corrected chi connectivity index (χ4v) is 5.02. The molecule has 0 heterocycles. The highest BCUT2D eigenvalue weighted by atomic mass is 16.5. The highest BCUT2D eigenvalue weighted by molar-refractivity contribution is 5.86. The molecule has 0 amide bonds. The molecule has 0 aliphatic heterocycles. The Bertz CT molecular complexity index is 1150. The van der Waals surface area contributed by atoms with E-state index >= 15 is 0 Å². The van der Waals surface area contributed by atoms with Gasteiger partial charge in [-0.05, 0) is 71.5 Å². The molecule has 0 atom stereocenters. The minimum absolute atomic E-state index is 0.402. The summed E-state index contributed by atoms with van der Waals surface area (Å²) in [6.07, 6.45) is 0. The van der Waals surface area contributed by atoms with Crippen molar-refractivity contribution in [3.05, 3.63) is 118 Å². The molecule has 0 N–H and O–H groups in total. The predicted octanol–water partition coefficient (Wildman–Crippen LogP) is 6.68.